The lowest BCUT2D eigenvalue weighted by Crippen LogP contribution is -2.20. The van der Waals surface area contributed by atoms with E-state index in [1.807, 2.05) is 54.6 Å². The predicted molar refractivity (Wildman–Crippen MR) is 110 cm³/mol. The molecule has 5 nitrogen and oxygen atoms in total. The second-order valence-electron chi connectivity index (χ2n) is 5.65. The summed E-state index contributed by atoms with van der Waals surface area (Å²) in [5, 5.41) is 7.58. The molecule has 0 saturated heterocycles. The monoisotopic (exact) mass is 379 g/mol. The van der Waals surface area contributed by atoms with E-state index in [0.29, 0.717) is 10.8 Å². The van der Waals surface area contributed by atoms with Gasteiger partial charge in [-0.05, 0) is 60.2 Å². The van der Waals surface area contributed by atoms with E-state index in [2.05, 4.69) is 15.8 Å². The van der Waals surface area contributed by atoms with Gasteiger partial charge >= 0.3 is 0 Å². The van der Waals surface area contributed by atoms with E-state index in [4.69, 9.17) is 16.3 Å². The molecule has 0 aliphatic heterocycles. The summed E-state index contributed by atoms with van der Waals surface area (Å²) in [5.74, 6) is 0.399. The lowest BCUT2D eigenvalue weighted by atomic mass is 10.2. The number of nitrogens with zero attached hydrogens (tertiary/aromatic N) is 1. The van der Waals surface area contributed by atoms with Crippen LogP contribution in [0.1, 0.15) is 5.56 Å². The highest BCUT2D eigenvalue weighted by atomic mass is 35.5. The SMILES string of the molecule is O=C(COc1ccc(C=NNc2cccc(Cl)c2)cc1)Nc1ccccc1. The van der Waals surface area contributed by atoms with E-state index in [9.17, 15) is 4.79 Å². The first kappa shape index (κ1) is 18.5. The summed E-state index contributed by atoms with van der Waals surface area (Å²) in [5.41, 5.74) is 5.36. The lowest BCUT2D eigenvalue weighted by Gasteiger charge is -2.07. The first-order valence-electron chi connectivity index (χ1n) is 8.31. The van der Waals surface area contributed by atoms with Gasteiger partial charge in [0.05, 0.1) is 11.9 Å². The zero-order valence-corrected chi connectivity index (χ0v) is 15.2. The molecule has 0 bridgehead atoms. The third-order valence-electron chi connectivity index (χ3n) is 3.54. The molecule has 3 aromatic rings. The minimum absolute atomic E-state index is 0.0569. The van der Waals surface area contributed by atoms with Crippen molar-refractivity contribution in [2.45, 2.75) is 0 Å². The van der Waals surface area contributed by atoms with E-state index in [1.54, 1.807) is 30.5 Å². The Bertz CT molecular complexity index is 912. The number of para-hydroxylation sites is 1. The number of hydrazone groups is 1. The van der Waals surface area contributed by atoms with Crippen LogP contribution in [0.25, 0.3) is 0 Å². The Morgan fingerprint density at radius 3 is 2.44 bits per heavy atom. The number of rotatable bonds is 7. The van der Waals surface area contributed by atoms with Crippen LogP contribution in [0.2, 0.25) is 5.02 Å². The molecule has 1 amide bonds. The first-order valence-corrected chi connectivity index (χ1v) is 8.69. The highest BCUT2D eigenvalue weighted by Crippen LogP contribution is 2.15. The zero-order chi connectivity index (χ0) is 18.9. The number of amides is 1. The quantitative estimate of drug-likeness (QED) is 0.457. The van der Waals surface area contributed by atoms with Crippen LogP contribution < -0.4 is 15.5 Å². The number of anilines is 2. The van der Waals surface area contributed by atoms with Crippen molar-refractivity contribution in [3.8, 4) is 5.75 Å². The average molecular weight is 380 g/mol. The Morgan fingerprint density at radius 2 is 1.70 bits per heavy atom. The molecule has 0 spiro atoms. The summed E-state index contributed by atoms with van der Waals surface area (Å²) < 4.78 is 5.50. The minimum Gasteiger partial charge on any atom is -0.484 e. The molecule has 0 unspecified atom stereocenters. The van der Waals surface area contributed by atoms with Gasteiger partial charge in [-0.2, -0.15) is 5.10 Å². The van der Waals surface area contributed by atoms with Crippen molar-refractivity contribution >= 4 is 35.1 Å². The Morgan fingerprint density at radius 1 is 0.963 bits per heavy atom. The average Bonchev–Trinajstić information content (AvgIpc) is 2.68. The molecular formula is C21H18ClN3O2. The second-order valence-corrected chi connectivity index (χ2v) is 6.09. The number of hydrogen-bond donors (Lipinski definition) is 2. The van der Waals surface area contributed by atoms with Gasteiger partial charge in [0.25, 0.3) is 5.91 Å². The topological polar surface area (TPSA) is 62.7 Å². The van der Waals surface area contributed by atoms with Gasteiger partial charge < -0.3 is 10.1 Å². The van der Waals surface area contributed by atoms with E-state index in [1.165, 1.54) is 0 Å². The fourth-order valence-corrected chi connectivity index (χ4v) is 2.45. The molecular weight excluding hydrogens is 362 g/mol. The smallest absolute Gasteiger partial charge is 0.262 e. The highest BCUT2D eigenvalue weighted by molar-refractivity contribution is 6.30. The van der Waals surface area contributed by atoms with Crippen molar-refractivity contribution in [3.63, 3.8) is 0 Å². The molecule has 3 aromatic carbocycles. The number of carbonyl (C=O) groups excluding carboxylic acids is 1. The van der Waals surface area contributed by atoms with E-state index in [-0.39, 0.29) is 12.5 Å². The van der Waals surface area contributed by atoms with Crippen molar-refractivity contribution in [1.29, 1.82) is 0 Å². The summed E-state index contributed by atoms with van der Waals surface area (Å²) in [7, 11) is 0. The third-order valence-corrected chi connectivity index (χ3v) is 3.77. The van der Waals surface area contributed by atoms with Crippen LogP contribution >= 0.6 is 11.6 Å². The Balaban J connectivity index is 1.47. The van der Waals surface area contributed by atoms with Crippen LogP contribution in [0.5, 0.6) is 5.75 Å². The number of ether oxygens (including phenoxy) is 1. The van der Waals surface area contributed by atoms with Crippen LogP contribution in [0, 0.1) is 0 Å². The molecule has 0 fully saturated rings. The summed E-state index contributed by atoms with van der Waals surface area (Å²) in [4.78, 5) is 11.9. The van der Waals surface area contributed by atoms with E-state index >= 15 is 0 Å². The molecule has 27 heavy (non-hydrogen) atoms. The van der Waals surface area contributed by atoms with Crippen molar-refractivity contribution < 1.29 is 9.53 Å². The van der Waals surface area contributed by atoms with Crippen LogP contribution in [-0.4, -0.2) is 18.7 Å². The normalized spacial score (nSPS) is 10.6. The number of hydrogen-bond acceptors (Lipinski definition) is 4. The molecule has 0 aliphatic carbocycles. The molecule has 6 heteroatoms. The van der Waals surface area contributed by atoms with Crippen molar-refractivity contribution in [2.75, 3.05) is 17.3 Å². The second kappa shape index (κ2) is 9.40. The Kier molecular flexibility index (Phi) is 6.44. The summed E-state index contributed by atoms with van der Waals surface area (Å²) in [6, 6.07) is 23.9. The maximum absolute atomic E-state index is 11.9. The van der Waals surface area contributed by atoms with Gasteiger partial charge in [0.15, 0.2) is 6.61 Å². The minimum atomic E-state index is -0.211. The fraction of sp³-hybridized carbons (Fsp3) is 0.0476. The summed E-state index contributed by atoms with van der Waals surface area (Å²) in [6.07, 6.45) is 1.69. The standard InChI is InChI=1S/C21H18ClN3O2/c22-17-5-4-8-19(13-17)25-23-14-16-9-11-20(12-10-16)27-15-21(26)24-18-6-2-1-3-7-18/h1-14,25H,15H2,(H,24,26). The number of nitrogens with one attached hydrogen (secondary N) is 2. The van der Waals surface area contributed by atoms with Gasteiger partial charge in [0.2, 0.25) is 0 Å². The molecule has 0 atom stereocenters. The molecule has 0 heterocycles. The van der Waals surface area contributed by atoms with E-state index in [0.717, 1.165) is 16.9 Å². The van der Waals surface area contributed by atoms with Crippen LogP contribution in [0.3, 0.4) is 0 Å². The molecule has 0 aliphatic rings. The number of benzene rings is 3. The van der Waals surface area contributed by atoms with Crippen LogP contribution in [0.15, 0.2) is 84.0 Å². The molecule has 0 saturated carbocycles. The van der Waals surface area contributed by atoms with Crippen molar-refractivity contribution in [3.05, 3.63) is 89.4 Å². The Hall–Kier alpha value is -3.31. The van der Waals surface area contributed by atoms with Crippen LogP contribution in [0.4, 0.5) is 11.4 Å². The largest absolute Gasteiger partial charge is 0.484 e. The fourth-order valence-electron chi connectivity index (χ4n) is 2.26. The third kappa shape index (κ3) is 6.17. The molecule has 2 N–H and O–H groups in total. The number of carbonyl (C=O) groups is 1. The van der Waals surface area contributed by atoms with Gasteiger partial charge in [-0.15, -0.1) is 0 Å². The molecule has 0 aromatic heterocycles. The van der Waals surface area contributed by atoms with Gasteiger partial charge in [-0.3, -0.25) is 10.2 Å². The Labute approximate surface area is 162 Å². The van der Waals surface area contributed by atoms with Crippen molar-refractivity contribution in [1.82, 2.24) is 0 Å². The van der Waals surface area contributed by atoms with E-state index < -0.39 is 0 Å². The van der Waals surface area contributed by atoms with Gasteiger partial charge in [0.1, 0.15) is 5.75 Å². The van der Waals surface area contributed by atoms with Gasteiger partial charge in [-0.25, -0.2) is 0 Å². The van der Waals surface area contributed by atoms with Gasteiger partial charge in [-0.1, -0.05) is 35.9 Å². The van der Waals surface area contributed by atoms with Gasteiger partial charge in [0, 0.05) is 10.7 Å². The number of halogens is 1. The highest BCUT2D eigenvalue weighted by Gasteiger charge is 2.03. The lowest BCUT2D eigenvalue weighted by molar-refractivity contribution is -0.118. The first-order chi connectivity index (χ1) is 13.2. The summed E-state index contributed by atoms with van der Waals surface area (Å²) >= 11 is 5.92. The van der Waals surface area contributed by atoms with Crippen LogP contribution in [-0.2, 0) is 4.79 Å². The summed E-state index contributed by atoms with van der Waals surface area (Å²) in [6.45, 7) is -0.0569. The molecule has 136 valence electrons. The molecule has 0 radical (unpaired) electrons. The van der Waals surface area contributed by atoms with Crippen molar-refractivity contribution in [2.24, 2.45) is 5.10 Å². The zero-order valence-electron chi connectivity index (χ0n) is 14.4. The maximum Gasteiger partial charge on any atom is 0.262 e. The predicted octanol–water partition coefficient (Wildman–Crippen LogP) is 4.80. The maximum atomic E-state index is 11.9. The molecule has 3 rings (SSSR count).